The van der Waals surface area contributed by atoms with Crippen molar-refractivity contribution < 1.29 is 14.3 Å². The largest absolute Gasteiger partial charge is 0.477 e. The van der Waals surface area contributed by atoms with E-state index in [1.165, 1.54) is 0 Å². The Hall–Kier alpha value is -2.17. The normalized spacial score (nSPS) is 10.2. The van der Waals surface area contributed by atoms with Crippen molar-refractivity contribution in [3.8, 4) is 11.3 Å². The van der Waals surface area contributed by atoms with Crippen LogP contribution in [0.4, 0.5) is 4.39 Å². The number of benzene rings is 1. The minimum Gasteiger partial charge on any atom is -0.477 e. The highest BCUT2D eigenvalue weighted by molar-refractivity contribution is 5.94. The number of hydrogen-bond acceptors (Lipinski definition) is 2. The number of nitrogens with one attached hydrogen (secondary N) is 1. The van der Waals surface area contributed by atoms with Gasteiger partial charge in [0.05, 0.1) is 0 Å². The average molecular weight is 206 g/mol. The number of hydrogen-bond donors (Lipinski definition) is 2. The lowest BCUT2D eigenvalue weighted by molar-refractivity contribution is 0.0693. The van der Waals surface area contributed by atoms with Crippen molar-refractivity contribution >= 4 is 5.97 Å². The highest BCUT2D eigenvalue weighted by Gasteiger charge is 2.20. The molecule has 4 nitrogen and oxygen atoms in total. The third kappa shape index (κ3) is 1.59. The average Bonchev–Trinajstić information content (AvgIpc) is 2.61. The Bertz CT molecular complexity index is 493. The Morgan fingerprint density at radius 3 is 2.60 bits per heavy atom. The first kappa shape index (κ1) is 9.39. The van der Waals surface area contributed by atoms with E-state index in [-0.39, 0.29) is 5.69 Å². The van der Waals surface area contributed by atoms with Crippen LogP contribution < -0.4 is 0 Å². The molecule has 0 unspecified atom stereocenters. The zero-order chi connectivity index (χ0) is 10.8. The van der Waals surface area contributed by atoms with E-state index in [0.717, 1.165) is 0 Å². The second-order valence-corrected chi connectivity index (χ2v) is 2.93. The molecule has 2 aromatic rings. The monoisotopic (exact) mass is 206 g/mol. The molecular formula is C10H7FN2O2. The van der Waals surface area contributed by atoms with E-state index in [0.29, 0.717) is 5.56 Å². The molecule has 76 valence electrons. The molecule has 1 heterocycles. The number of H-pyrrole nitrogens is 1. The molecule has 0 atom stereocenters. The number of carbonyl (C=O) groups is 1. The first-order valence-electron chi connectivity index (χ1n) is 4.22. The van der Waals surface area contributed by atoms with Crippen molar-refractivity contribution in [2.45, 2.75) is 0 Å². The number of nitrogens with zero attached hydrogens (tertiary/aromatic N) is 1. The van der Waals surface area contributed by atoms with Gasteiger partial charge in [0.15, 0.2) is 0 Å². The Labute approximate surface area is 84.4 Å². The number of aromatic amines is 1. The number of aromatic nitrogens is 2. The van der Waals surface area contributed by atoms with Crippen LogP contribution >= 0.6 is 0 Å². The molecule has 1 aromatic heterocycles. The quantitative estimate of drug-likeness (QED) is 0.788. The molecule has 2 rings (SSSR count). The fourth-order valence-electron chi connectivity index (χ4n) is 1.32. The predicted octanol–water partition coefficient (Wildman–Crippen LogP) is 1.91. The van der Waals surface area contributed by atoms with Crippen LogP contribution in [-0.4, -0.2) is 21.3 Å². The SMILES string of the molecule is O=C(O)c1c(-c2ccccc2)n[nH]c1F. The lowest BCUT2D eigenvalue weighted by atomic mass is 10.1. The summed E-state index contributed by atoms with van der Waals surface area (Å²) in [6.07, 6.45) is 0. The topological polar surface area (TPSA) is 66.0 Å². The van der Waals surface area contributed by atoms with Crippen LogP contribution in [-0.2, 0) is 0 Å². The van der Waals surface area contributed by atoms with Gasteiger partial charge < -0.3 is 5.11 Å². The Kier molecular flexibility index (Phi) is 2.21. The highest BCUT2D eigenvalue weighted by Crippen LogP contribution is 2.22. The Morgan fingerprint density at radius 1 is 1.33 bits per heavy atom. The van der Waals surface area contributed by atoms with E-state index < -0.39 is 17.5 Å². The first-order valence-corrected chi connectivity index (χ1v) is 4.22. The Morgan fingerprint density at radius 2 is 2.00 bits per heavy atom. The summed E-state index contributed by atoms with van der Waals surface area (Å²) in [5.74, 6) is -2.26. The van der Waals surface area contributed by atoms with E-state index >= 15 is 0 Å². The zero-order valence-corrected chi connectivity index (χ0v) is 7.57. The van der Waals surface area contributed by atoms with E-state index in [9.17, 15) is 9.18 Å². The van der Waals surface area contributed by atoms with Gasteiger partial charge >= 0.3 is 5.97 Å². The van der Waals surface area contributed by atoms with Gasteiger partial charge in [0.1, 0.15) is 11.3 Å². The number of aromatic carboxylic acids is 1. The van der Waals surface area contributed by atoms with E-state index in [4.69, 9.17) is 5.11 Å². The molecule has 0 bridgehead atoms. The minimum absolute atomic E-state index is 0.112. The third-order valence-corrected chi connectivity index (χ3v) is 1.98. The molecule has 0 aliphatic carbocycles. The smallest absolute Gasteiger partial charge is 0.342 e. The van der Waals surface area contributed by atoms with Gasteiger partial charge in [-0.3, -0.25) is 5.10 Å². The highest BCUT2D eigenvalue weighted by atomic mass is 19.1. The molecular weight excluding hydrogens is 199 g/mol. The summed E-state index contributed by atoms with van der Waals surface area (Å²) in [5, 5.41) is 14.4. The molecule has 0 fully saturated rings. The summed E-state index contributed by atoms with van der Waals surface area (Å²) in [6, 6.07) is 8.58. The molecule has 0 saturated carbocycles. The maximum atomic E-state index is 13.0. The third-order valence-electron chi connectivity index (χ3n) is 1.98. The number of rotatable bonds is 2. The number of carboxylic acids is 1. The molecule has 2 N–H and O–H groups in total. The van der Waals surface area contributed by atoms with Crippen molar-refractivity contribution in [2.75, 3.05) is 0 Å². The van der Waals surface area contributed by atoms with Gasteiger partial charge in [-0.25, -0.2) is 4.79 Å². The number of halogens is 1. The summed E-state index contributed by atoms with van der Waals surface area (Å²) in [7, 11) is 0. The molecule has 0 aliphatic heterocycles. The predicted molar refractivity (Wildman–Crippen MR) is 50.9 cm³/mol. The van der Waals surface area contributed by atoms with Gasteiger partial charge in [-0.1, -0.05) is 30.3 Å². The van der Waals surface area contributed by atoms with Gasteiger partial charge in [0.2, 0.25) is 5.95 Å². The van der Waals surface area contributed by atoms with Gasteiger partial charge in [0.25, 0.3) is 0 Å². The Balaban J connectivity index is 2.59. The van der Waals surface area contributed by atoms with E-state index in [2.05, 4.69) is 5.10 Å². The fraction of sp³-hybridized carbons (Fsp3) is 0. The van der Waals surface area contributed by atoms with E-state index in [1.807, 2.05) is 5.10 Å². The van der Waals surface area contributed by atoms with Crippen LogP contribution in [0.3, 0.4) is 0 Å². The summed E-state index contributed by atoms with van der Waals surface area (Å²) in [4.78, 5) is 10.8. The maximum Gasteiger partial charge on any atom is 0.342 e. The lowest BCUT2D eigenvalue weighted by Crippen LogP contribution is -1.99. The van der Waals surface area contributed by atoms with Crippen LogP contribution in [0, 0.1) is 5.95 Å². The molecule has 5 heteroatoms. The second-order valence-electron chi connectivity index (χ2n) is 2.93. The van der Waals surface area contributed by atoms with Crippen LogP contribution in [0.15, 0.2) is 30.3 Å². The van der Waals surface area contributed by atoms with Gasteiger partial charge in [-0.2, -0.15) is 9.49 Å². The van der Waals surface area contributed by atoms with Crippen molar-refractivity contribution in [1.82, 2.24) is 10.2 Å². The molecule has 0 radical (unpaired) electrons. The molecule has 15 heavy (non-hydrogen) atoms. The minimum atomic E-state index is -1.33. The first-order chi connectivity index (χ1) is 7.20. The van der Waals surface area contributed by atoms with Crippen molar-refractivity contribution in [3.05, 3.63) is 41.8 Å². The van der Waals surface area contributed by atoms with Crippen LogP contribution in [0.25, 0.3) is 11.3 Å². The maximum absolute atomic E-state index is 13.0. The standard InChI is InChI=1S/C10H7FN2O2/c11-9-7(10(14)15)8(12-13-9)6-4-2-1-3-5-6/h1-5H,(H,12,13)(H,14,15). The van der Waals surface area contributed by atoms with Crippen molar-refractivity contribution in [1.29, 1.82) is 0 Å². The molecule has 0 aliphatic rings. The van der Waals surface area contributed by atoms with Crippen molar-refractivity contribution in [2.24, 2.45) is 0 Å². The molecule has 0 spiro atoms. The molecule has 1 aromatic carbocycles. The summed E-state index contributed by atoms with van der Waals surface area (Å²) in [6.45, 7) is 0. The number of carboxylic acid groups (broad SMARTS) is 1. The fourth-order valence-corrected chi connectivity index (χ4v) is 1.32. The van der Waals surface area contributed by atoms with Crippen LogP contribution in [0.5, 0.6) is 0 Å². The molecule has 0 amide bonds. The van der Waals surface area contributed by atoms with Gasteiger partial charge in [-0.05, 0) is 0 Å². The summed E-state index contributed by atoms with van der Waals surface area (Å²) in [5.41, 5.74) is 0.247. The second kappa shape index (κ2) is 3.53. The zero-order valence-electron chi connectivity index (χ0n) is 7.57. The summed E-state index contributed by atoms with van der Waals surface area (Å²) < 4.78 is 13.0. The van der Waals surface area contributed by atoms with Gasteiger partial charge in [-0.15, -0.1) is 0 Å². The van der Waals surface area contributed by atoms with Crippen LogP contribution in [0.1, 0.15) is 10.4 Å². The lowest BCUT2D eigenvalue weighted by Gasteiger charge is -1.97. The van der Waals surface area contributed by atoms with Crippen molar-refractivity contribution in [3.63, 3.8) is 0 Å². The van der Waals surface area contributed by atoms with Crippen LogP contribution in [0.2, 0.25) is 0 Å². The summed E-state index contributed by atoms with van der Waals surface area (Å²) >= 11 is 0. The van der Waals surface area contributed by atoms with E-state index in [1.54, 1.807) is 30.3 Å². The molecule has 0 saturated heterocycles. The van der Waals surface area contributed by atoms with Gasteiger partial charge in [0, 0.05) is 5.56 Å².